The molecule has 2 bridgehead atoms. The summed E-state index contributed by atoms with van der Waals surface area (Å²) < 4.78 is 19.1. The van der Waals surface area contributed by atoms with Gasteiger partial charge in [0, 0.05) is 30.7 Å². The molecule has 0 unspecified atom stereocenters. The highest BCUT2D eigenvalue weighted by atomic mass is 16.5. The molecule has 3 aromatic rings. The van der Waals surface area contributed by atoms with Crippen LogP contribution in [0.25, 0.3) is 0 Å². The molecule has 2 saturated heterocycles. The molecule has 0 amide bonds. The molecule has 1 saturated carbocycles. The van der Waals surface area contributed by atoms with Gasteiger partial charge in [-0.2, -0.15) is 0 Å². The van der Waals surface area contributed by atoms with E-state index in [1.165, 1.54) is 16.7 Å². The predicted molar refractivity (Wildman–Crippen MR) is 152 cm³/mol. The number of methoxy groups -OCH3 is 1. The van der Waals surface area contributed by atoms with Crippen LogP contribution in [0.4, 0.5) is 0 Å². The fourth-order valence-corrected chi connectivity index (χ4v) is 7.55. The Morgan fingerprint density at radius 2 is 1.49 bits per heavy atom. The molecule has 5 nitrogen and oxygen atoms in total. The number of rotatable bonds is 10. The fourth-order valence-electron chi connectivity index (χ4n) is 7.55. The Morgan fingerprint density at radius 1 is 0.821 bits per heavy atom. The topological polar surface area (TPSA) is 51.2 Å². The number of piperidine rings is 1. The van der Waals surface area contributed by atoms with E-state index >= 15 is 0 Å². The molecular weight excluding hydrogens is 486 g/mol. The zero-order chi connectivity index (χ0) is 26.7. The fraction of sp³-hybridized carbons (Fsp3) is 0.471. The van der Waals surface area contributed by atoms with Crippen LogP contribution in [-0.4, -0.2) is 54.1 Å². The maximum absolute atomic E-state index is 10.2. The lowest BCUT2D eigenvalue weighted by molar-refractivity contribution is -0.184. The summed E-state index contributed by atoms with van der Waals surface area (Å²) in [5.74, 6) is 1.50. The maximum Gasteiger partial charge on any atom is 0.118 e. The number of ether oxygens (including phenoxy) is 3. The zero-order valence-corrected chi connectivity index (χ0v) is 23.0. The Labute approximate surface area is 232 Å². The van der Waals surface area contributed by atoms with Crippen molar-refractivity contribution in [3.05, 3.63) is 102 Å². The quantitative estimate of drug-likeness (QED) is 0.370. The molecule has 1 N–H and O–H groups in total. The number of hydrogen-bond donors (Lipinski definition) is 1. The third kappa shape index (κ3) is 5.64. The van der Waals surface area contributed by atoms with Crippen molar-refractivity contribution in [1.29, 1.82) is 0 Å². The molecule has 0 aromatic heterocycles. The van der Waals surface area contributed by atoms with Crippen molar-refractivity contribution < 1.29 is 19.3 Å². The van der Waals surface area contributed by atoms with Gasteiger partial charge in [-0.25, -0.2) is 0 Å². The Morgan fingerprint density at radius 3 is 2.13 bits per heavy atom. The molecule has 1 aliphatic carbocycles. The van der Waals surface area contributed by atoms with Gasteiger partial charge in [0.1, 0.15) is 5.75 Å². The second-order valence-corrected chi connectivity index (χ2v) is 11.8. The van der Waals surface area contributed by atoms with Crippen LogP contribution in [0.15, 0.2) is 84.9 Å². The van der Waals surface area contributed by atoms with Crippen molar-refractivity contribution in [2.45, 2.75) is 69.1 Å². The van der Waals surface area contributed by atoms with Crippen molar-refractivity contribution in [3.8, 4) is 5.75 Å². The van der Waals surface area contributed by atoms with Crippen LogP contribution in [0, 0.1) is 11.8 Å². The van der Waals surface area contributed by atoms with Crippen LogP contribution in [0.3, 0.4) is 0 Å². The summed E-state index contributed by atoms with van der Waals surface area (Å²) in [5.41, 5.74) is 3.82. The predicted octanol–water partition coefficient (Wildman–Crippen LogP) is 5.64. The van der Waals surface area contributed by atoms with Crippen LogP contribution in [0.2, 0.25) is 0 Å². The smallest absolute Gasteiger partial charge is 0.118 e. The molecule has 1 spiro atoms. The molecule has 0 radical (unpaired) electrons. The van der Waals surface area contributed by atoms with Gasteiger partial charge in [0.2, 0.25) is 0 Å². The van der Waals surface area contributed by atoms with Gasteiger partial charge in [-0.1, -0.05) is 72.8 Å². The second-order valence-electron chi connectivity index (χ2n) is 11.8. The van der Waals surface area contributed by atoms with Crippen LogP contribution in [0.5, 0.6) is 5.75 Å². The van der Waals surface area contributed by atoms with E-state index in [1.807, 2.05) is 0 Å². The highest BCUT2D eigenvalue weighted by Gasteiger charge is 2.59. The number of nitrogens with zero attached hydrogens (tertiary/aromatic N) is 1. The summed E-state index contributed by atoms with van der Waals surface area (Å²) in [5, 5.41) is 10.2. The molecule has 6 rings (SSSR count). The lowest BCUT2D eigenvalue weighted by Gasteiger charge is -2.58. The Hall–Kier alpha value is -2.70. The number of aliphatic hydroxyl groups excluding tert-OH is 1. The van der Waals surface area contributed by atoms with Gasteiger partial charge in [0.25, 0.3) is 0 Å². The van der Waals surface area contributed by atoms with Crippen molar-refractivity contribution >= 4 is 0 Å². The molecule has 39 heavy (non-hydrogen) atoms. The van der Waals surface area contributed by atoms with Crippen LogP contribution in [0.1, 0.15) is 42.4 Å². The van der Waals surface area contributed by atoms with Crippen LogP contribution in [-0.2, 0) is 29.1 Å². The van der Waals surface area contributed by atoms with Crippen molar-refractivity contribution in [3.63, 3.8) is 0 Å². The van der Waals surface area contributed by atoms with E-state index in [0.717, 1.165) is 44.4 Å². The van der Waals surface area contributed by atoms with E-state index in [2.05, 4.69) is 89.8 Å². The zero-order valence-electron chi connectivity index (χ0n) is 23.0. The van der Waals surface area contributed by atoms with Crippen LogP contribution >= 0.6 is 0 Å². The highest BCUT2D eigenvalue weighted by molar-refractivity contribution is 5.29. The molecule has 3 aromatic carbocycles. The molecule has 2 heterocycles. The Bertz CT molecular complexity index is 1190. The summed E-state index contributed by atoms with van der Waals surface area (Å²) in [6.45, 7) is 2.41. The average molecular weight is 528 g/mol. The van der Waals surface area contributed by atoms with E-state index < -0.39 is 0 Å². The van der Waals surface area contributed by atoms with Gasteiger partial charge in [-0.05, 0) is 66.8 Å². The van der Waals surface area contributed by atoms with E-state index in [1.54, 1.807) is 7.11 Å². The largest absolute Gasteiger partial charge is 0.497 e. The third-order valence-corrected chi connectivity index (χ3v) is 9.38. The Kier molecular flexibility index (Phi) is 8.03. The third-order valence-electron chi connectivity index (χ3n) is 9.38. The number of aliphatic hydroxyl groups is 1. The monoisotopic (exact) mass is 527 g/mol. The second kappa shape index (κ2) is 11.8. The number of fused-ring (bicyclic) bond motifs is 1. The minimum Gasteiger partial charge on any atom is -0.497 e. The first-order chi connectivity index (χ1) is 19.2. The lowest BCUT2D eigenvalue weighted by atomic mass is 9.64. The molecule has 206 valence electrons. The summed E-state index contributed by atoms with van der Waals surface area (Å²) in [6, 6.07) is 29.7. The molecule has 5 heteroatoms. The maximum atomic E-state index is 10.2. The van der Waals surface area contributed by atoms with Gasteiger partial charge in [0.15, 0.2) is 0 Å². The summed E-state index contributed by atoms with van der Waals surface area (Å²) in [4.78, 5) is 2.73. The first-order valence-corrected chi connectivity index (χ1v) is 14.5. The highest BCUT2D eigenvalue weighted by Crippen LogP contribution is 2.54. The van der Waals surface area contributed by atoms with Crippen molar-refractivity contribution in [2.24, 2.45) is 11.8 Å². The SMILES string of the molecule is COc1ccc(C[C@H]2[C@@H](OCc3ccccc3)[C@H]3C[C@@]4(CC[C@@H]3OCc3ccccc3)C[C@@H](CO)CN24)cc1. The van der Waals surface area contributed by atoms with E-state index in [9.17, 15) is 5.11 Å². The number of benzene rings is 3. The molecule has 3 fully saturated rings. The van der Waals surface area contributed by atoms with Crippen molar-refractivity contribution in [1.82, 2.24) is 4.90 Å². The molecule has 6 atom stereocenters. The lowest BCUT2D eigenvalue weighted by Crippen LogP contribution is -2.67. The van der Waals surface area contributed by atoms with Gasteiger partial charge in [-0.3, -0.25) is 4.90 Å². The first kappa shape index (κ1) is 26.5. The summed E-state index contributed by atoms with van der Waals surface area (Å²) in [6.07, 6.45) is 5.39. The van der Waals surface area contributed by atoms with Gasteiger partial charge < -0.3 is 19.3 Å². The standard InChI is InChI=1S/C34H41NO4/c1-37-29-14-12-25(13-15-29)18-31-33(39-24-27-10-6-3-7-11-27)30-20-34(19-28(22-36)21-35(31)34)17-16-32(30)38-23-26-8-4-2-5-9-26/h2-15,28,30-33,36H,16-24H2,1H3/t28-,30+,31+,32+,33+,34-/m1/s1. The van der Waals surface area contributed by atoms with E-state index in [4.69, 9.17) is 14.2 Å². The average Bonchev–Trinajstić information content (AvgIpc) is 3.35. The first-order valence-electron chi connectivity index (χ1n) is 14.5. The van der Waals surface area contributed by atoms with Gasteiger partial charge in [0.05, 0.1) is 32.5 Å². The summed E-state index contributed by atoms with van der Waals surface area (Å²) >= 11 is 0. The number of hydrogen-bond acceptors (Lipinski definition) is 5. The normalized spacial score (nSPS) is 30.2. The molecule has 3 aliphatic rings. The summed E-state index contributed by atoms with van der Waals surface area (Å²) in [7, 11) is 1.71. The molecule has 2 aliphatic heterocycles. The van der Waals surface area contributed by atoms with E-state index in [0.29, 0.717) is 25.0 Å². The van der Waals surface area contributed by atoms with Crippen molar-refractivity contribution in [2.75, 3.05) is 20.3 Å². The van der Waals surface area contributed by atoms with E-state index in [-0.39, 0.29) is 30.4 Å². The van der Waals surface area contributed by atoms with Crippen LogP contribution < -0.4 is 4.74 Å². The minimum atomic E-state index is 0.0407. The van der Waals surface area contributed by atoms with Gasteiger partial charge >= 0.3 is 0 Å². The Balaban J connectivity index is 1.31. The molecular formula is C34H41NO4. The van der Waals surface area contributed by atoms with Gasteiger partial charge in [-0.15, -0.1) is 0 Å². The minimum absolute atomic E-state index is 0.0407.